The summed E-state index contributed by atoms with van der Waals surface area (Å²) in [5.74, 6) is 0. The van der Waals surface area contributed by atoms with Gasteiger partial charge >= 0.3 is 0 Å². The van der Waals surface area contributed by atoms with Gasteiger partial charge in [-0.05, 0) is 32.4 Å². The molecule has 0 bridgehead atoms. The van der Waals surface area contributed by atoms with E-state index in [-0.39, 0.29) is 23.7 Å². The van der Waals surface area contributed by atoms with Crippen LogP contribution in [0.15, 0.2) is 23.1 Å². The molecule has 2 atom stereocenters. The van der Waals surface area contributed by atoms with Gasteiger partial charge in [0.25, 0.3) is 5.56 Å². The summed E-state index contributed by atoms with van der Waals surface area (Å²) in [5.41, 5.74) is 0.643. The third-order valence-corrected chi connectivity index (χ3v) is 3.35. The van der Waals surface area contributed by atoms with E-state index in [0.717, 1.165) is 6.42 Å². The maximum atomic E-state index is 12.5. The predicted octanol–water partition coefficient (Wildman–Crippen LogP) is 1.64. The van der Waals surface area contributed by atoms with E-state index in [1.807, 2.05) is 32.2 Å². The molecule has 1 aromatic heterocycles. The molecule has 1 saturated heterocycles. The molecule has 0 aliphatic carbocycles. The van der Waals surface area contributed by atoms with Gasteiger partial charge in [0.05, 0.1) is 12.6 Å². The average molecular weight is 266 g/mol. The molecule has 2 heterocycles. The van der Waals surface area contributed by atoms with Crippen molar-refractivity contribution in [2.24, 2.45) is 0 Å². The van der Waals surface area contributed by atoms with Gasteiger partial charge in [0.1, 0.15) is 11.8 Å². The Morgan fingerprint density at radius 3 is 3.00 bits per heavy atom. The first-order valence-corrected chi connectivity index (χ1v) is 6.71. The molecule has 1 aromatic rings. The molecule has 1 aliphatic heterocycles. The molecule has 1 aliphatic rings. The van der Waals surface area contributed by atoms with Crippen molar-refractivity contribution in [2.45, 2.75) is 38.5 Å². The van der Waals surface area contributed by atoms with E-state index in [4.69, 9.17) is 9.47 Å². The van der Waals surface area contributed by atoms with Gasteiger partial charge in [-0.2, -0.15) is 0 Å². The van der Waals surface area contributed by atoms with Crippen LogP contribution in [0.2, 0.25) is 0 Å². The Hall–Kier alpha value is -1.33. The van der Waals surface area contributed by atoms with Crippen LogP contribution in [0.5, 0.6) is 0 Å². The first kappa shape index (κ1) is 14.1. The maximum Gasteiger partial charge on any atom is 0.274 e. The molecule has 0 radical (unpaired) electrons. The molecule has 0 spiro atoms. The molecular weight excluding hydrogens is 244 g/mol. The molecule has 0 amide bonds. The van der Waals surface area contributed by atoms with Crippen molar-refractivity contribution < 1.29 is 9.47 Å². The number of methoxy groups -OCH3 is 1. The zero-order chi connectivity index (χ0) is 13.8. The molecule has 5 heteroatoms. The highest BCUT2D eigenvalue weighted by molar-refractivity contribution is 5.41. The monoisotopic (exact) mass is 266 g/mol. The van der Waals surface area contributed by atoms with Crippen molar-refractivity contribution in [3.63, 3.8) is 0 Å². The maximum absolute atomic E-state index is 12.5. The van der Waals surface area contributed by atoms with Crippen molar-refractivity contribution in [2.75, 3.05) is 25.6 Å². The third-order valence-electron chi connectivity index (χ3n) is 3.35. The number of hydrogen-bond donors (Lipinski definition) is 1. The Kier molecular flexibility index (Phi) is 4.61. The Morgan fingerprint density at radius 2 is 2.32 bits per heavy atom. The minimum absolute atomic E-state index is 0.00477. The summed E-state index contributed by atoms with van der Waals surface area (Å²) >= 11 is 0. The molecular formula is C14H22N2O3. The standard InChI is InChI=1S/C14H22N2O3/c1-10(2)15-11-5-4-7-16(14(11)17)12-6-8-19-9-13(12)18-3/h4-5,7,10,12-13,15H,6,8-9H2,1-3H3/t12-,13+/m1/s1. The Labute approximate surface area is 113 Å². The molecule has 5 nitrogen and oxygen atoms in total. The van der Waals surface area contributed by atoms with E-state index in [1.54, 1.807) is 11.7 Å². The SMILES string of the molecule is CO[C@H]1COCC[C@H]1n1cccc(NC(C)C)c1=O. The predicted molar refractivity (Wildman–Crippen MR) is 74.7 cm³/mol. The second kappa shape index (κ2) is 6.21. The summed E-state index contributed by atoms with van der Waals surface area (Å²) in [7, 11) is 1.66. The van der Waals surface area contributed by atoms with Gasteiger partial charge in [-0.3, -0.25) is 4.79 Å². The summed E-state index contributed by atoms with van der Waals surface area (Å²) in [6, 6.07) is 3.99. The van der Waals surface area contributed by atoms with Gasteiger partial charge in [-0.15, -0.1) is 0 Å². The lowest BCUT2D eigenvalue weighted by molar-refractivity contribution is -0.0609. The number of aromatic nitrogens is 1. The van der Waals surface area contributed by atoms with Crippen molar-refractivity contribution >= 4 is 5.69 Å². The summed E-state index contributed by atoms with van der Waals surface area (Å²) < 4.78 is 12.6. The highest BCUT2D eigenvalue weighted by Gasteiger charge is 2.28. The second-order valence-corrected chi connectivity index (χ2v) is 5.14. The first-order valence-electron chi connectivity index (χ1n) is 6.71. The second-order valence-electron chi connectivity index (χ2n) is 5.14. The molecule has 1 N–H and O–H groups in total. The van der Waals surface area contributed by atoms with E-state index in [9.17, 15) is 4.79 Å². The topological polar surface area (TPSA) is 52.5 Å². The highest BCUT2D eigenvalue weighted by Crippen LogP contribution is 2.22. The zero-order valence-corrected chi connectivity index (χ0v) is 11.8. The summed E-state index contributed by atoms with van der Waals surface area (Å²) in [4.78, 5) is 12.5. The molecule has 0 unspecified atom stereocenters. The molecule has 0 saturated carbocycles. The van der Waals surface area contributed by atoms with Crippen molar-refractivity contribution in [3.8, 4) is 0 Å². The van der Waals surface area contributed by atoms with Crippen LogP contribution < -0.4 is 10.9 Å². The Balaban J connectivity index is 2.31. The molecule has 2 rings (SSSR count). The summed E-state index contributed by atoms with van der Waals surface area (Å²) in [5, 5.41) is 3.18. The van der Waals surface area contributed by atoms with Crippen molar-refractivity contribution in [1.82, 2.24) is 4.57 Å². The van der Waals surface area contributed by atoms with Crippen LogP contribution in [0.4, 0.5) is 5.69 Å². The van der Waals surface area contributed by atoms with Crippen LogP contribution >= 0.6 is 0 Å². The van der Waals surface area contributed by atoms with Crippen molar-refractivity contribution in [1.29, 1.82) is 0 Å². The summed E-state index contributed by atoms with van der Waals surface area (Å²) in [6.07, 6.45) is 2.56. The Bertz CT molecular complexity index is 470. The number of pyridine rings is 1. The molecule has 19 heavy (non-hydrogen) atoms. The van der Waals surface area contributed by atoms with Gasteiger partial charge in [-0.1, -0.05) is 0 Å². The molecule has 0 aromatic carbocycles. The largest absolute Gasteiger partial charge is 0.379 e. The van der Waals surface area contributed by atoms with E-state index in [0.29, 0.717) is 18.9 Å². The van der Waals surface area contributed by atoms with Gasteiger partial charge in [0.2, 0.25) is 0 Å². The quantitative estimate of drug-likeness (QED) is 0.900. The van der Waals surface area contributed by atoms with E-state index in [2.05, 4.69) is 5.32 Å². The van der Waals surface area contributed by atoms with Crippen LogP contribution in [0.1, 0.15) is 26.3 Å². The fraction of sp³-hybridized carbons (Fsp3) is 0.643. The van der Waals surface area contributed by atoms with Crippen LogP contribution in [-0.2, 0) is 9.47 Å². The van der Waals surface area contributed by atoms with Crippen LogP contribution in [0.3, 0.4) is 0 Å². The van der Waals surface area contributed by atoms with E-state index < -0.39 is 0 Å². The molecule has 1 fully saturated rings. The number of rotatable bonds is 4. The number of ether oxygens (including phenoxy) is 2. The lowest BCUT2D eigenvalue weighted by atomic mass is 10.1. The smallest absolute Gasteiger partial charge is 0.274 e. The van der Waals surface area contributed by atoms with E-state index in [1.165, 1.54) is 0 Å². The minimum Gasteiger partial charge on any atom is -0.379 e. The number of nitrogens with zero attached hydrogens (tertiary/aromatic N) is 1. The van der Waals surface area contributed by atoms with Gasteiger partial charge in [0.15, 0.2) is 0 Å². The zero-order valence-electron chi connectivity index (χ0n) is 11.8. The normalized spacial score (nSPS) is 23.6. The number of nitrogens with one attached hydrogen (secondary N) is 1. The van der Waals surface area contributed by atoms with Crippen LogP contribution in [0, 0.1) is 0 Å². The summed E-state index contributed by atoms with van der Waals surface area (Å²) in [6.45, 7) is 5.24. The fourth-order valence-electron chi connectivity index (χ4n) is 2.44. The third kappa shape index (κ3) is 3.16. The van der Waals surface area contributed by atoms with Crippen molar-refractivity contribution in [3.05, 3.63) is 28.7 Å². The lowest BCUT2D eigenvalue weighted by Crippen LogP contribution is -2.40. The molecule has 106 valence electrons. The Morgan fingerprint density at radius 1 is 1.53 bits per heavy atom. The van der Waals surface area contributed by atoms with Crippen LogP contribution in [-0.4, -0.2) is 37.0 Å². The first-order chi connectivity index (χ1) is 9.13. The van der Waals surface area contributed by atoms with Crippen LogP contribution in [0.25, 0.3) is 0 Å². The number of anilines is 1. The number of hydrogen-bond acceptors (Lipinski definition) is 4. The van der Waals surface area contributed by atoms with Gasteiger partial charge in [-0.25, -0.2) is 0 Å². The minimum atomic E-state index is -0.0688. The fourth-order valence-corrected chi connectivity index (χ4v) is 2.44. The van der Waals surface area contributed by atoms with Gasteiger partial charge in [0, 0.05) is 26.0 Å². The lowest BCUT2D eigenvalue weighted by Gasteiger charge is -2.32. The average Bonchev–Trinajstić information content (AvgIpc) is 2.41. The van der Waals surface area contributed by atoms with Gasteiger partial charge < -0.3 is 19.4 Å². The highest BCUT2D eigenvalue weighted by atomic mass is 16.5. The van der Waals surface area contributed by atoms with E-state index >= 15 is 0 Å².